The van der Waals surface area contributed by atoms with Crippen LogP contribution in [-0.2, 0) is 11.2 Å². The minimum absolute atomic E-state index is 0.360. The molecule has 2 rings (SSSR count). The Hall–Kier alpha value is -0.860. The van der Waals surface area contributed by atoms with E-state index in [0.717, 1.165) is 13.2 Å². The van der Waals surface area contributed by atoms with Crippen molar-refractivity contribution in [2.45, 2.75) is 45.2 Å². The second kappa shape index (κ2) is 6.18. The molecule has 1 aliphatic heterocycles. The summed E-state index contributed by atoms with van der Waals surface area (Å²) in [6, 6.07) is 9.80. The van der Waals surface area contributed by atoms with Crippen molar-refractivity contribution < 1.29 is 4.74 Å². The first kappa shape index (κ1) is 12.6. The summed E-state index contributed by atoms with van der Waals surface area (Å²) in [5, 5.41) is 3.57. The maximum absolute atomic E-state index is 5.58. The molecule has 0 radical (unpaired) electrons. The summed E-state index contributed by atoms with van der Waals surface area (Å²) < 4.78 is 5.58. The smallest absolute Gasteiger partial charge is 0.0662 e. The average molecular weight is 233 g/mol. The third kappa shape index (κ3) is 3.55. The fraction of sp³-hybridized carbons (Fsp3) is 0.600. The molecular weight excluding hydrogens is 210 g/mol. The minimum Gasteiger partial charge on any atom is -0.378 e. The topological polar surface area (TPSA) is 21.3 Å². The van der Waals surface area contributed by atoms with Crippen LogP contribution >= 0.6 is 0 Å². The van der Waals surface area contributed by atoms with E-state index in [0.29, 0.717) is 12.1 Å². The van der Waals surface area contributed by atoms with Crippen LogP contribution in [0, 0.1) is 0 Å². The van der Waals surface area contributed by atoms with Crippen molar-refractivity contribution >= 4 is 0 Å². The highest BCUT2D eigenvalue weighted by Crippen LogP contribution is 2.18. The predicted molar refractivity (Wildman–Crippen MR) is 71.2 cm³/mol. The molecule has 0 amide bonds. The fourth-order valence-electron chi connectivity index (χ4n) is 2.29. The molecule has 2 unspecified atom stereocenters. The van der Waals surface area contributed by atoms with Crippen LogP contribution in [-0.4, -0.2) is 19.3 Å². The molecule has 0 aliphatic carbocycles. The van der Waals surface area contributed by atoms with E-state index in [1.807, 2.05) is 0 Å². The van der Waals surface area contributed by atoms with Crippen LogP contribution in [0.3, 0.4) is 0 Å². The van der Waals surface area contributed by atoms with Gasteiger partial charge in [-0.25, -0.2) is 0 Å². The molecule has 2 heteroatoms. The first-order valence-electron chi connectivity index (χ1n) is 6.72. The van der Waals surface area contributed by atoms with E-state index in [1.54, 1.807) is 0 Å². The SMILES string of the molecule is CCCCc1ccc(C2COCC(C)N2)cc1. The van der Waals surface area contributed by atoms with Crippen LogP contribution < -0.4 is 5.32 Å². The molecule has 0 aromatic heterocycles. The van der Waals surface area contributed by atoms with Crippen molar-refractivity contribution in [1.82, 2.24) is 5.32 Å². The van der Waals surface area contributed by atoms with Crippen LogP contribution in [0.5, 0.6) is 0 Å². The Kier molecular flexibility index (Phi) is 4.57. The van der Waals surface area contributed by atoms with Crippen LogP contribution in [0.4, 0.5) is 0 Å². The molecule has 1 fully saturated rings. The van der Waals surface area contributed by atoms with Crippen molar-refractivity contribution in [1.29, 1.82) is 0 Å². The zero-order valence-electron chi connectivity index (χ0n) is 10.9. The lowest BCUT2D eigenvalue weighted by molar-refractivity contribution is 0.0504. The van der Waals surface area contributed by atoms with Gasteiger partial charge in [-0.2, -0.15) is 0 Å². The summed E-state index contributed by atoms with van der Waals surface area (Å²) in [5.41, 5.74) is 2.79. The van der Waals surface area contributed by atoms with Crippen molar-refractivity contribution in [2.75, 3.05) is 13.2 Å². The van der Waals surface area contributed by atoms with Gasteiger partial charge in [0.15, 0.2) is 0 Å². The second-order valence-corrected chi connectivity index (χ2v) is 5.00. The number of ether oxygens (including phenoxy) is 1. The maximum atomic E-state index is 5.58. The lowest BCUT2D eigenvalue weighted by Gasteiger charge is -2.29. The van der Waals surface area contributed by atoms with Gasteiger partial charge in [0.05, 0.1) is 19.3 Å². The Morgan fingerprint density at radius 1 is 1.24 bits per heavy atom. The van der Waals surface area contributed by atoms with Gasteiger partial charge in [0.1, 0.15) is 0 Å². The van der Waals surface area contributed by atoms with Crippen molar-refractivity contribution in [3.8, 4) is 0 Å². The van der Waals surface area contributed by atoms with E-state index < -0.39 is 0 Å². The third-order valence-electron chi connectivity index (χ3n) is 3.34. The normalized spacial score (nSPS) is 24.8. The second-order valence-electron chi connectivity index (χ2n) is 5.00. The van der Waals surface area contributed by atoms with E-state index in [4.69, 9.17) is 4.74 Å². The standard InChI is InChI=1S/C15H23NO/c1-3-4-5-13-6-8-14(9-7-13)15-11-17-10-12(2)16-15/h6-9,12,15-16H,3-5,10-11H2,1-2H3. The maximum Gasteiger partial charge on any atom is 0.0662 e. The van der Waals surface area contributed by atoms with Crippen molar-refractivity contribution in [2.24, 2.45) is 0 Å². The first-order valence-corrected chi connectivity index (χ1v) is 6.72. The summed E-state index contributed by atoms with van der Waals surface area (Å²) in [5.74, 6) is 0. The molecule has 1 N–H and O–H groups in total. The molecule has 1 aromatic rings. The van der Waals surface area contributed by atoms with Gasteiger partial charge in [-0.15, -0.1) is 0 Å². The summed E-state index contributed by atoms with van der Waals surface area (Å²) in [7, 11) is 0. The number of aryl methyl sites for hydroxylation is 1. The molecule has 1 heterocycles. The van der Waals surface area contributed by atoms with Crippen LogP contribution in [0.25, 0.3) is 0 Å². The fourth-order valence-corrected chi connectivity index (χ4v) is 2.29. The van der Waals surface area contributed by atoms with Gasteiger partial charge < -0.3 is 10.1 Å². The lowest BCUT2D eigenvalue weighted by Crippen LogP contribution is -2.41. The largest absolute Gasteiger partial charge is 0.378 e. The van der Waals surface area contributed by atoms with Gasteiger partial charge in [0.25, 0.3) is 0 Å². The van der Waals surface area contributed by atoms with Crippen LogP contribution in [0.15, 0.2) is 24.3 Å². The number of rotatable bonds is 4. The first-order chi connectivity index (χ1) is 8.29. The van der Waals surface area contributed by atoms with Gasteiger partial charge in [-0.05, 0) is 30.9 Å². The molecule has 0 bridgehead atoms. The molecule has 2 nitrogen and oxygen atoms in total. The Bertz CT molecular complexity index is 333. The Balaban J connectivity index is 1.96. The summed E-state index contributed by atoms with van der Waals surface area (Å²) in [4.78, 5) is 0. The number of hydrogen-bond donors (Lipinski definition) is 1. The zero-order valence-corrected chi connectivity index (χ0v) is 10.9. The average Bonchev–Trinajstić information content (AvgIpc) is 2.37. The van der Waals surface area contributed by atoms with Gasteiger partial charge in [-0.1, -0.05) is 37.6 Å². The van der Waals surface area contributed by atoms with E-state index in [9.17, 15) is 0 Å². The van der Waals surface area contributed by atoms with E-state index >= 15 is 0 Å². The number of morpholine rings is 1. The Morgan fingerprint density at radius 3 is 2.65 bits per heavy atom. The predicted octanol–water partition coefficient (Wildman–Crippen LogP) is 3.08. The van der Waals surface area contributed by atoms with E-state index in [2.05, 4.69) is 43.4 Å². The molecule has 94 valence electrons. The van der Waals surface area contributed by atoms with E-state index in [-0.39, 0.29) is 0 Å². The number of unbranched alkanes of at least 4 members (excludes halogenated alkanes) is 1. The zero-order chi connectivity index (χ0) is 12.1. The monoisotopic (exact) mass is 233 g/mol. The van der Waals surface area contributed by atoms with Crippen molar-refractivity contribution in [3.05, 3.63) is 35.4 Å². The Morgan fingerprint density at radius 2 is 2.00 bits per heavy atom. The molecule has 0 spiro atoms. The molecule has 17 heavy (non-hydrogen) atoms. The highest BCUT2D eigenvalue weighted by atomic mass is 16.5. The van der Waals surface area contributed by atoms with Crippen LogP contribution in [0.2, 0.25) is 0 Å². The summed E-state index contributed by atoms with van der Waals surface area (Å²) >= 11 is 0. The summed E-state index contributed by atoms with van der Waals surface area (Å²) in [6.07, 6.45) is 3.74. The van der Waals surface area contributed by atoms with Crippen molar-refractivity contribution in [3.63, 3.8) is 0 Å². The number of nitrogens with one attached hydrogen (secondary N) is 1. The number of benzene rings is 1. The molecule has 2 atom stereocenters. The molecule has 1 saturated heterocycles. The molecule has 0 saturated carbocycles. The molecule has 1 aromatic carbocycles. The molecule has 1 aliphatic rings. The van der Waals surface area contributed by atoms with E-state index in [1.165, 1.54) is 30.4 Å². The quantitative estimate of drug-likeness (QED) is 0.863. The molecular formula is C15H23NO. The van der Waals surface area contributed by atoms with Gasteiger partial charge in [0.2, 0.25) is 0 Å². The summed E-state index contributed by atoms with van der Waals surface area (Å²) in [6.45, 7) is 6.02. The van der Waals surface area contributed by atoms with Crippen LogP contribution in [0.1, 0.15) is 43.9 Å². The third-order valence-corrected chi connectivity index (χ3v) is 3.34. The van der Waals surface area contributed by atoms with Gasteiger partial charge >= 0.3 is 0 Å². The Labute approximate surface area is 104 Å². The minimum atomic E-state index is 0.360. The lowest BCUT2D eigenvalue weighted by atomic mass is 10.0. The highest BCUT2D eigenvalue weighted by molar-refractivity contribution is 5.25. The number of hydrogen-bond acceptors (Lipinski definition) is 2. The highest BCUT2D eigenvalue weighted by Gasteiger charge is 2.19. The van der Waals surface area contributed by atoms with Gasteiger partial charge in [0, 0.05) is 6.04 Å². The van der Waals surface area contributed by atoms with Gasteiger partial charge in [-0.3, -0.25) is 0 Å².